The zero-order chi connectivity index (χ0) is 45.9. The molecule has 2 nitrogen and oxygen atoms in total. The van der Waals surface area contributed by atoms with Gasteiger partial charge in [-0.1, -0.05) is 6.58 Å². The van der Waals surface area contributed by atoms with Crippen molar-refractivity contribution < 1.29 is 154 Å². The summed E-state index contributed by atoms with van der Waals surface area (Å²) in [5.41, 5.74) is -11.6. The van der Waals surface area contributed by atoms with E-state index in [1.54, 1.807) is 0 Å². The van der Waals surface area contributed by atoms with Crippen LogP contribution >= 0.6 is 0 Å². The molecule has 0 fully saturated rings. The van der Waals surface area contributed by atoms with E-state index in [2.05, 4.69) is 0 Å². The summed E-state index contributed by atoms with van der Waals surface area (Å²) in [6, 6.07) is 0. The molecule has 0 radical (unpaired) electrons. The first-order valence-electron chi connectivity index (χ1n) is 11.7. The Morgan fingerprint density at radius 2 is 0.527 bits per heavy atom. The minimum Gasteiger partial charge on any atom is -0.413 e. The Balaban J connectivity index is 8.20. The third kappa shape index (κ3) is 6.13. The number of hydrogen-bond acceptors (Lipinski definition) is 2. The molecule has 0 aromatic rings. The topological polar surface area (TPSA) is 26.3 Å². The summed E-state index contributed by atoms with van der Waals surface area (Å²) >= 11 is 0. The van der Waals surface area contributed by atoms with Gasteiger partial charge in [0.05, 0.1) is 0 Å². The van der Waals surface area contributed by atoms with E-state index in [9.17, 15) is 150 Å². The van der Waals surface area contributed by atoms with E-state index < -0.39 is 107 Å². The molecule has 0 aromatic carbocycles. The highest BCUT2D eigenvalue weighted by atomic mass is 19.4. The number of halogens is 33. The van der Waals surface area contributed by atoms with Gasteiger partial charge in [0.25, 0.3) is 0 Å². The second-order valence-corrected chi connectivity index (χ2v) is 10.2. The third-order valence-corrected chi connectivity index (χ3v) is 6.51. The maximum atomic E-state index is 14.8. The number of hydrogen-bond donors (Lipinski definition) is 0. The molecule has 328 valence electrons. The quantitative estimate of drug-likeness (QED) is 0.0986. The first-order valence-corrected chi connectivity index (χ1v) is 11.7. The molecule has 0 heterocycles. The molecule has 1 unspecified atom stereocenters. The van der Waals surface area contributed by atoms with Crippen LogP contribution in [0, 0.1) is 0 Å². The van der Waals surface area contributed by atoms with E-state index >= 15 is 0 Å². The third-order valence-electron chi connectivity index (χ3n) is 6.51. The number of rotatable bonds is 14. The first-order chi connectivity index (χ1) is 23.1. The summed E-state index contributed by atoms with van der Waals surface area (Å²) in [5, 5.41) is 0. The highest BCUT2D eigenvalue weighted by molar-refractivity contribution is 5.87. The summed E-state index contributed by atoms with van der Waals surface area (Å²) in [4.78, 5) is 11.2. The minimum absolute atomic E-state index is 0.264. The molecule has 0 aliphatic heterocycles. The molecular formula is C20H5F33O2. The number of carbonyl (C=O) groups is 1. The van der Waals surface area contributed by atoms with Crippen molar-refractivity contribution in [2.75, 3.05) is 0 Å². The molecule has 0 saturated carbocycles. The van der Waals surface area contributed by atoms with E-state index in [1.807, 2.05) is 11.3 Å². The van der Waals surface area contributed by atoms with Crippen molar-refractivity contribution in [3.63, 3.8) is 0 Å². The van der Waals surface area contributed by atoms with Gasteiger partial charge in [0.15, 0.2) is 0 Å². The number of ether oxygens (including phenoxy) is 1. The fourth-order valence-electron chi connectivity index (χ4n) is 3.24. The van der Waals surface area contributed by atoms with Crippen LogP contribution in [0.1, 0.15) is 6.92 Å². The van der Waals surface area contributed by atoms with Crippen LogP contribution in [-0.2, 0) is 9.53 Å². The van der Waals surface area contributed by atoms with Crippen LogP contribution in [0.3, 0.4) is 0 Å². The monoisotopic (exact) mass is 904 g/mol. The van der Waals surface area contributed by atoms with Gasteiger partial charge in [0, 0.05) is 5.57 Å². The predicted molar refractivity (Wildman–Crippen MR) is 101 cm³/mol. The lowest BCUT2D eigenvalue weighted by atomic mass is 9.81. The van der Waals surface area contributed by atoms with Gasteiger partial charge in [-0.3, -0.25) is 0 Å². The largest absolute Gasteiger partial charge is 0.460 e. The molecule has 0 bridgehead atoms. The van der Waals surface area contributed by atoms with Crippen molar-refractivity contribution in [2.24, 2.45) is 0 Å². The van der Waals surface area contributed by atoms with Gasteiger partial charge >= 0.3 is 101 Å². The maximum Gasteiger partial charge on any atom is 0.460 e. The van der Waals surface area contributed by atoms with Crippen LogP contribution in [0.4, 0.5) is 145 Å². The standard InChI is InChI=1S/C20H5F33O2/c1-3(2)4(54)55-17(44,15(40,41)16(42,43)20(51,52)53)14(38,39)13(36,37)12(34,35)11(32,33)10(30,31)9(28,29)8(26,27)7(24,25)6(22,23)5(21,18(45,46)47)19(48,49)50/h1H2,2H3. The predicted octanol–water partition coefficient (Wildman–Crippen LogP) is 11.2. The van der Waals surface area contributed by atoms with Gasteiger partial charge < -0.3 is 4.74 Å². The van der Waals surface area contributed by atoms with Crippen molar-refractivity contribution in [3.05, 3.63) is 12.2 Å². The van der Waals surface area contributed by atoms with Crippen LogP contribution in [0.15, 0.2) is 12.2 Å². The second-order valence-electron chi connectivity index (χ2n) is 10.2. The van der Waals surface area contributed by atoms with Gasteiger partial charge in [-0.25, -0.2) is 9.18 Å². The molecule has 0 aromatic heterocycles. The van der Waals surface area contributed by atoms with Gasteiger partial charge in [0.2, 0.25) is 0 Å². The average molecular weight is 904 g/mol. The lowest BCUT2D eigenvalue weighted by Crippen LogP contribution is -2.81. The molecule has 0 N–H and O–H groups in total. The summed E-state index contributed by atoms with van der Waals surface area (Å²) in [6.45, 7) is 1.75. The smallest absolute Gasteiger partial charge is 0.413 e. The Kier molecular flexibility index (Phi) is 12.0. The van der Waals surface area contributed by atoms with Crippen LogP contribution in [0.25, 0.3) is 0 Å². The fourth-order valence-corrected chi connectivity index (χ4v) is 3.24. The van der Waals surface area contributed by atoms with Gasteiger partial charge in [-0.2, -0.15) is 140 Å². The second kappa shape index (κ2) is 12.7. The number of esters is 1. The molecule has 0 saturated heterocycles. The highest BCUT2D eigenvalue weighted by Crippen LogP contribution is 2.70. The molecule has 0 aliphatic rings. The molecule has 0 spiro atoms. The van der Waals surface area contributed by atoms with Gasteiger partial charge in [0.1, 0.15) is 0 Å². The zero-order valence-corrected chi connectivity index (χ0v) is 24.0. The Bertz CT molecular complexity index is 1440. The van der Waals surface area contributed by atoms with Gasteiger partial charge in [-0.15, -0.1) is 0 Å². The summed E-state index contributed by atoms with van der Waals surface area (Å²) in [5.74, 6) is -122. The Hall–Kier alpha value is -3.10. The van der Waals surface area contributed by atoms with E-state index in [-0.39, 0.29) is 6.92 Å². The van der Waals surface area contributed by atoms with Crippen molar-refractivity contribution in [2.45, 2.75) is 102 Å². The van der Waals surface area contributed by atoms with Crippen LogP contribution < -0.4 is 0 Å². The van der Waals surface area contributed by atoms with E-state index in [1.165, 1.54) is 0 Å². The van der Waals surface area contributed by atoms with Crippen LogP contribution in [-0.4, -0.2) is 101 Å². The molecule has 0 rings (SSSR count). The summed E-state index contributed by atoms with van der Waals surface area (Å²) < 4.78 is 450. The van der Waals surface area contributed by atoms with Crippen molar-refractivity contribution in [1.82, 2.24) is 0 Å². The zero-order valence-electron chi connectivity index (χ0n) is 24.0. The first kappa shape index (κ1) is 51.9. The molecule has 0 aliphatic carbocycles. The molecule has 1 atom stereocenters. The summed E-state index contributed by atoms with van der Waals surface area (Å²) in [7, 11) is 0. The van der Waals surface area contributed by atoms with Crippen molar-refractivity contribution >= 4 is 5.97 Å². The Labute approximate surface area is 276 Å². The summed E-state index contributed by atoms with van der Waals surface area (Å²) in [6.07, 6.45) is -26.2. The van der Waals surface area contributed by atoms with Crippen LogP contribution in [0.5, 0.6) is 0 Å². The molecular weight excluding hydrogens is 899 g/mol. The normalized spacial score (nSPS) is 17.6. The number of alkyl halides is 33. The SMILES string of the molecule is C=C(C)C(=O)OC(F)(C(F)(F)C(F)(F)C(F)(F)F)C(F)(F)C(F)(F)C(F)(F)C(F)(F)C(F)(F)C(F)(F)C(F)(F)C(F)(F)C(F)(F)C(F)(C(F)(F)F)C(F)(F)F. The lowest BCUT2D eigenvalue weighted by molar-refractivity contribution is -0.498. The molecule has 0 amide bonds. The average Bonchev–Trinajstić information content (AvgIpc) is 2.93. The highest BCUT2D eigenvalue weighted by Gasteiger charge is 3.02. The van der Waals surface area contributed by atoms with Crippen LogP contribution in [0.2, 0.25) is 0 Å². The lowest BCUT2D eigenvalue weighted by Gasteiger charge is -2.48. The maximum absolute atomic E-state index is 14.8. The van der Waals surface area contributed by atoms with Gasteiger partial charge in [-0.05, 0) is 6.92 Å². The van der Waals surface area contributed by atoms with E-state index in [0.717, 1.165) is 0 Å². The van der Waals surface area contributed by atoms with E-state index in [0.29, 0.717) is 0 Å². The molecule has 35 heteroatoms. The van der Waals surface area contributed by atoms with Crippen molar-refractivity contribution in [1.29, 1.82) is 0 Å². The van der Waals surface area contributed by atoms with Crippen molar-refractivity contribution in [3.8, 4) is 0 Å². The molecule has 55 heavy (non-hydrogen) atoms. The Morgan fingerprint density at radius 1 is 0.327 bits per heavy atom. The van der Waals surface area contributed by atoms with E-state index in [4.69, 9.17) is 0 Å². The Morgan fingerprint density at radius 3 is 0.727 bits per heavy atom. The number of carbonyl (C=O) groups excluding carboxylic acids is 1. The minimum atomic E-state index is -10.3. The fraction of sp³-hybridized carbons (Fsp3) is 0.850.